The SMILES string of the molecule is C1=CC2c3cc(-c4ccc5c(c4)c4ccccc4n5-c4ccccc4)ccc3N(c3cccc4c3oc3cccc(-c5ccccc5)c34)C2C=C1. The van der Waals surface area contributed by atoms with E-state index < -0.39 is 0 Å². The van der Waals surface area contributed by atoms with Crippen LogP contribution in [0.15, 0.2) is 186 Å². The van der Waals surface area contributed by atoms with Crippen molar-refractivity contribution < 1.29 is 4.42 Å². The maximum absolute atomic E-state index is 6.77. The van der Waals surface area contributed by atoms with Crippen molar-refractivity contribution in [1.82, 2.24) is 4.57 Å². The second kappa shape index (κ2) is 11.0. The van der Waals surface area contributed by atoms with E-state index in [9.17, 15) is 0 Å². The van der Waals surface area contributed by atoms with E-state index in [0.717, 1.165) is 27.6 Å². The third-order valence-electron chi connectivity index (χ3n) is 10.9. The Kier molecular flexibility index (Phi) is 6.08. The number of fused-ring (bicyclic) bond motifs is 9. The van der Waals surface area contributed by atoms with Crippen LogP contribution in [-0.4, -0.2) is 10.6 Å². The molecule has 0 radical (unpaired) electrons. The normalized spacial score (nSPS) is 16.4. The highest BCUT2D eigenvalue weighted by Crippen LogP contribution is 2.51. The van der Waals surface area contributed by atoms with Crippen LogP contribution in [0, 0.1) is 0 Å². The summed E-state index contributed by atoms with van der Waals surface area (Å²) in [6.45, 7) is 0. The zero-order valence-electron chi connectivity index (χ0n) is 27.8. The maximum Gasteiger partial charge on any atom is 0.159 e. The van der Waals surface area contributed by atoms with Gasteiger partial charge in [0.2, 0.25) is 0 Å². The number of nitrogens with zero attached hydrogens (tertiary/aromatic N) is 2. The number of hydrogen-bond acceptors (Lipinski definition) is 2. The fourth-order valence-electron chi connectivity index (χ4n) is 8.69. The Morgan fingerprint density at radius 2 is 1.22 bits per heavy atom. The summed E-state index contributed by atoms with van der Waals surface area (Å²) < 4.78 is 9.15. The summed E-state index contributed by atoms with van der Waals surface area (Å²) in [7, 11) is 0. The fraction of sp³-hybridized carbons (Fsp3) is 0.0417. The van der Waals surface area contributed by atoms with Gasteiger partial charge in [0.15, 0.2) is 5.58 Å². The second-order valence-corrected chi connectivity index (χ2v) is 13.7. The van der Waals surface area contributed by atoms with Crippen LogP contribution in [0.5, 0.6) is 0 Å². The van der Waals surface area contributed by atoms with E-state index in [2.05, 4.69) is 191 Å². The van der Waals surface area contributed by atoms with Crippen molar-refractivity contribution in [3.05, 3.63) is 188 Å². The first-order chi connectivity index (χ1) is 25.3. The number of hydrogen-bond donors (Lipinski definition) is 0. The number of allylic oxidation sites excluding steroid dienone is 2. The molecule has 9 aromatic rings. The lowest BCUT2D eigenvalue weighted by Crippen LogP contribution is -2.28. The molecule has 0 saturated heterocycles. The molecular weight excluding hydrogens is 621 g/mol. The van der Waals surface area contributed by atoms with Gasteiger partial charge in [-0.1, -0.05) is 127 Å². The van der Waals surface area contributed by atoms with Crippen LogP contribution in [0.2, 0.25) is 0 Å². The molecule has 3 heteroatoms. The molecule has 1 aliphatic carbocycles. The minimum absolute atomic E-state index is 0.152. The summed E-state index contributed by atoms with van der Waals surface area (Å²) in [4.78, 5) is 2.49. The third kappa shape index (κ3) is 4.18. The number of rotatable bonds is 4. The second-order valence-electron chi connectivity index (χ2n) is 13.7. The standard InChI is InChI=1S/C48H32N2O/c1-3-13-31(14-4-1)35-19-12-24-46-47(35)38-20-11-23-45(48(38)51-46)50-42-22-10-8-18-37(42)40-30-33(26-28-44(40)50)32-25-27-43-39(29-32)36-17-7-9-21-41(36)49(43)34-15-5-2-6-16-34/h1-30,37,42H. The lowest BCUT2D eigenvalue weighted by atomic mass is 9.89. The van der Waals surface area contributed by atoms with Crippen molar-refractivity contribution >= 4 is 55.1 Å². The van der Waals surface area contributed by atoms with Crippen LogP contribution in [0.1, 0.15) is 11.5 Å². The Hall–Kier alpha value is -6.58. The third-order valence-corrected chi connectivity index (χ3v) is 10.9. The quantitative estimate of drug-likeness (QED) is 0.189. The van der Waals surface area contributed by atoms with E-state index in [0.29, 0.717) is 0 Å². The minimum Gasteiger partial charge on any atom is -0.454 e. The van der Waals surface area contributed by atoms with Gasteiger partial charge in [-0.3, -0.25) is 0 Å². The van der Waals surface area contributed by atoms with Crippen molar-refractivity contribution in [3.63, 3.8) is 0 Å². The molecule has 0 spiro atoms. The van der Waals surface area contributed by atoms with Gasteiger partial charge >= 0.3 is 0 Å². The summed E-state index contributed by atoms with van der Waals surface area (Å²) in [5.41, 5.74) is 13.9. The lowest BCUT2D eigenvalue weighted by molar-refractivity contribution is 0.663. The molecule has 7 aromatic carbocycles. The molecule has 0 fully saturated rings. The largest absolute Gasteiger partial charge is 0.454 e. The summed E-state index contributed by atoms with van der Waals surface area (Å²) in [6, 6.07) is 57.1. The predicted octanol–water partition coefficient (Wildman–Crippen LogP) is 12.7. The molecule has 0 bridgehead atoms. The van der Waals surface area contributed by atoms with Crippen LogP contribution >= 0.6 is 0 Å². The van der Waals surface area contributed by atoms with E-state index in [1.54, 1.807) is 0 Å². The van der Waals surface area contributed by atoms with Gasteiger partial charge in [0.25, 0.3) is 0 Å². The van der Waals surface area contributed by atoms with Crippen molar-refractivity contribution in [3.8, 4) is 27.9 Å². The predicted molar refractivity (Wildman–Crippen MR) is 212 cm³/mol. The van der Waals surface area contributed by atoms with E-state index in [1.165, 1.54) is 61.0 Å². The Bertz CT molecular complexity index is 2870. The van der Waals surface area contributed by atoms with Gasteiger partial charge in [0.05, 0.1) is 22.8 Å². The zero-order valence-corrected chi connectivity index (χ0v) is 27.8. The highest BCUT2D eigenvalue weighted by Gasteiger charge is 2.39. The zero-order chi connectivity index (χ0) is 33.5. The van der Waals surface area contributed by atoms with Crippen LogP contribution in [0.4, 0.5) is 11.4 Å². The van der Waals surface area contributed by atoms with Gasteiger partial charge in [-0.25, -0.2) is 0 Å². The van der Waals surface area contributed by atoms with E-state index in [4.69, 9.17) is 4.42 Å². The molecule has 51 heavy (non-hydrogen) atoms. The summed E-state index contributed by atoms with van der Waals surface area (Å²) >= 11 is 0. The van der Waals surface area contributed by atoms with Crippen LogP contribution < -0.4 is 4.90 Å². The van der Waals surface area contributed by atoms with Gasteiger partial charge in [-0.15, -0.1) is 0 Å². The molecule has 0 N–H and O–H groups in total. The topological polar surface area (TPSA) is 21.3 Å². The van der Waals surface area contributed by atoms with E-state index in [1.807, 2.05) is 0 Å². The van der Waals surface area contributed by atoms with Gasteiger partial charge in [-0.2, -0.15) is 0 Å². The van der Waals surface area contributed by atoms with Crippen molar-refractivity contribution in [2.75, 3.05) is 4.90 Å². The molecule has 2 aliphatic rings. The molecule has 3 nitrogen and oxygen atoms in total. The van der Waals surface area contributed by atoms with Gasteiger partial charge in [0, 0.05) is 38.8 Å². The lowest BCUT2D eigenvalue weighted by Gasteiger charge is -2.28. The van der Waals surface area contributed by atoms with Crippen molar-refractivity contribution in [2.45, 2.75) is 12.0 Å². The molecule has 1 aliphatic heterocycles. The number of para-hydroxylation sites is 3. The summed E-state index contributed by atoms with van der Waals surface area (Å²) in [5.74, 6) is 0.230. The highest BCUT2D eigenvalue weighted by molar-refractivity contribution is 6.16. The average Bonchev–Trinajstić information content (AvgIpc) is 3.86. The van der Waals surface area contributed by atoms with E-state index in [-0.39, 0.29) is 12.0 Å². The van der Waals surface area contributed by atoms with Crippen molar-refractivity contribution in [1.29, 1.82) is 0 Å². The molecule has 3 heterocycles. The average molecular weight is 653 g/mol. The summed E-state index contributed by atoms with van der Waals surface area (Å²) in [6.07, 6.45) is 9.07. The highest BCUT2D eigenvalue weighted by atomic mass is 16.3. The molecule has 0 saturated carbocycles. The first-order valence-corrected chi connectivity index (χ1v) is 17.7. The number of aromatic nitrogens is 1. The minimum atomic E-state index is 0.152. The smallest absolute Gasteiger partial charge is 0.159 e. The first-order valence-electron chi connectivity index (χ1n) is 17.7. The number of benzene rings is 7. The Morgan fingerprint density at radius 1 is 0.490 bits per heavy atom. The Labute approximate surface area is 295 Å². The van der Waals surface area contributed by atoms with Crippen LogP contribution in [0.25, 0.3) is 71.7 Å². The monoisotopic (exact) mass is 652 g/mol. The van der Waals surface area contributed by atoms with Crippen LogP contribution in [-0.2, 0) is 0 Å². The Balaban J connectivity index is 1.06. The van der Waals surface area contributed by atoms with Gasteiger partial charge in [0.1, 0.15) is 5.58 Å². The molecular formula is C48H32N2O. The molecule has 11 rings (SSSR count). The summed E-state index contributed by atoms with van der Waals surface area (Å²) in [5, 5.41) is 4.83. The van der Waals surface area contributed by atoms with Gasteiger partial charge < -0.3 is 13.9 Å². The van der Waals surface area contributed by atoms with E-state index >= 15 is 0 Å². The molecule has 0 amide bonds. The molecule has 240 valence electrons. The van der Waals surface area contributed by atoms with Gasteiger partial charge in [-0.05, 0) is 82.4 Å². The maximum atomic E-state index is 6.77. The number of anilines is 2. The number of furan rings is 1. The van der Waals surface area contributed by atoms with Crippen molar-refractivity contribution in [2.24, 2.45) is 0 Å². The first kappa shape index (κ1) is 28.3. The fourth-order valence-corrected chi connectivity index (χ4v) is 8.69. The molecule has 2 aromatic heterocycles. The molecule has 2 unspecified atom stereocenters. The van der Waals surface area contributed by atoms with Crippen LogP contribution in [0.3, 0.4) is 0 Å². The Morgan fingerprint density at radius 3 is 2.12 bits per heavy atom. The molecule has 2 atom stereocenters.